The third-order valence-corrected chi connectivity index (χ3v) is 3.71. The molecule has 3 rings (SSSR count). The van der Waals surface area contributed by atoms with Crippen LogP contribution >= 0.6 is 0 Å². The molecule has 92 valence electrons. The van der Waals surface area contributed by atoms with Gasteiger partial charge in [-0.2, -0.15) is 0 Å². The van der Waals surface area contributed by atoms with Crippen LogP contribution < -0.4 is 5.32 Å². The van der Waals surface area contributed by atoms with Crippen LogP contribution in [0.3, 0.4) is 0 Å². The zero-order chi connectivity index (χ0) is 11.5. The molecule has 0 saturated carbocycles. The van der Waals surface area contributed by atoms with Gasteiger partial charge in [0.1, 0.15) is 6.33 Å². The van der Waals surface area contributed by atoms with Crippen molar-refractivity contribution in [3.8, 4) is 0 Å². The number of nitrogens with one attached hydrogen (secondary N) is 1. The molecule has 2 aliphatic rings. The monoisotopic (exact) mass is 233 g/mol. The topological polar surface area (TPSA) is 44.3 Å². The Kier molecular flexibility index (Phi) is 3.31. The first-order valence-electron chi connectivity index (χ1n) is 6.34. The lowest BCUT2D eigenvalue weighted by Gasteiger charge is -2.43. The van der Waals surface area contributed by atoms with Crippen molar-refractivity contribution < 1.29 is 0 Å². The van der Waals surface area contributed by atoms with Gasteiger partial charge >= 0.3 is 0 Å². The molecule has 0 atom stereocenters. The van der Waals surface area contributed by atoms with Gasteiger partial charge in [-0.05, 0) is 6.07 Å². The second kappa shape index (κ2) is 5.08. The molecule has 2 aliphatic heterocycles. The second-order valence-electron chi connectivity index (χ2n) is 4.82. The van der Waals surface area contributed by atoms with Crippen LogP contribution in [0.5, 0.6) is 0 Å². The molecule has 5 heteroatoms. The number of hydrogen-bond acceptors (Lipinski definition) is 5. The average Bonchev–Trinajstić information content (AvgIpc) is 2.31. The maximum Gasteiger partial charge on any atom is 0.115 e. The van der Waals surface area contributed by atoms with Gasteiger partial charge < -0.3 is 5.32 Å². The summed E-state index contributed by atoms with van der Waals surface area (Å²) in [5.74, 6) is 0. The first-order valence-corrected chi connectivity index (χ1v) is 6.34. The van der Waals surface area contributed by atoms with Crippen LogP contribution in [0.25, 0.3) is 0 Å². The molecule has 17 heavy (non-hydrogen) atoms. The van der Waals surface area contributed by atoms with Crippen molar-refractivity contribution >= 4 is 0 Å². The summed E-state index contributed by atoms with van der Waals surface area (Å²) in [6, 6.07) is 2.79. The van der Waals surface area contributed by atoms with E-state index in [-0.39, 0.29) is 0 Å². The SMILES string of the molecule is c1cc(CN2CCN(C3CNC3)CC2)ncn1. The lowest BCUT2D eigenvalue weighted by Crippen LogP contribution is -2.61. The Hall–Kier alpha value is -1.04. The van der Waals surface area contributed by atoms with Crippen molar-refractivity contribution in [2.45, 2.75) is 12.6 Å². The van der Waals surface area contributed by atoms with Gasteiger partial charge in [-0.25, -0.2) is 9.97 Å². The first-order chi connectivity index (χ1) is 8.42. The minimum absolute atomic E-state index is 0.788. The summed E-state index contributed by atoms with van der Waals surface area (Å²) < 4.78 is 0. The summed E-state index contributed by atoms with van der Waals surface area (Å²) in [6.07, 6.45) is 3.45. The number of rotatable bonds is 3. The molecule has 1 aromatic rings. The van der Waals surface area contributed by atoms with E-state index in [1.165, 1.54) is 26.2 Å². The van der Waals surface area contributed by atoms with Crippen molar-refractivity contribution in [3.05, 3.63) is 24.3 Å². The summed E-state index contributed by atoms with van der Waals surface area (Å²) in [7, 11) is 0. The van der Waals surface area contributed by atoms with Crippen LogP contribution in [-0.2, 0) is 6.54 Å². The van der Waals surface area contributed by atoms with E-state index in [1.54, 1.807) is 6.33 Å². The van der Waals surface area contributed by atoms with Crippen molar-refractivity contribution in [1.82, 2.24) is 25.1 Å². The van der Waals surface area contributed by atoms with Crippen LogP contribution in [0.15, 0.2) is 18.6 Å². The Morgan fingerprint density at radius 3 is 2.65 bits per heavy atom. The highest BCUT2D eigenvalue weighted by molar-refractivity contribution is 4.98. The molecule has 0 radical (unpaired) electrons. The molecule has 0 unspecified atom stereocenters. The smallest absolute Gasteiger partial charge is 0.115 e. The van der Waals surface area contributed by atoms with Gasteiger partial charge in [0.25, 0.3) is 0 Å². The van der Waals surface area contributed by atoms with E-state index >= 15 is 0 Å². The van der Waals surface area contributed by atoms with Gasteiger partial charge in [-0.1, -0.05) is 0 Å². The van der Waals surface area contributed by atoms with E-state index in [2.05, 4.69) is 25.1 Å². The van der Waals surface area contributed by atoms with Crippen molar-refractivity contribution in [2.75, 3.05) is 39.3 Å². The second-order valence-corrected chi connectivity index (χ2v) is 4.82. The van der Waals surface area contributed by atoms with Crippen molar-refractivity contribution in [3.63, 3.8) is 0 Å². The van der Waals surface area contributed by atoms with E-state index < -0.39 is 0 Å². The molecule has 3 heterocycles. The Balaban J connectivity index is 1.48. The number of hydrogen-bond donors (Lipinski definition) is 1. The van der Waals surface area contributed by atoms with Crippen LogP contribution in [0.2, 0.25) is 0 Å². The fraction of sp³-hybridized carbons (Fsp3) is 0.667. The molecule has 2 fully saturated rings. The Labute approximate surface area is 102 Å². The highest BCUT2D eigenvalue weighted by Crippen LogP contribution is 2.11. The molecular weight excluding hydrogens is 214 g/mol. The van der Waals surface area contributed by atoms with Gasteiger partial charge in [0.2, 0.25) is 0 Å². The molecule has 2 saturated heterocycles. The molecule has 1 N–H and O–H groups in total. The molecular formula is C12H19N5. The van der Waals surface area contributed by atoms with E-state index in [4.69, 9.17) is 0 Å². The van der Waals surface area contributed by atoms with Gasteiger partial charge in [-0.15, -0.1) is 0 Å². The number of piperazine rings is 1. The predicted octanol–water partition coefficient (Wildman–Crippen LogP) is -0.434. The standard InChI is InChI=1S/C12H19N5/c1-2-13-10-15-11(1)9-16-3-5-17(6-4-16)12-7-14-8-12/h1-2,10,12,14H,3-9H2. The third kappa shape index (κ3) is 2.62. The molecule has 0 aromatic carbocycles. The van der Waals surface area contributed by atoms with Crippen LogP contribution in [0, 0.1) is 0 Å². The van der Waals surface area contributed by atoms with Crippen molar-refractivity contribution in [2.24, 2.45) is 0 Å². The summed E-state index contributed by atoms with van der Waals surface area (Å²) in [5, 5.41) is 3.34. The van der Waals surface area contributed by atoms with Crippen LogP contribution in [0.4, 0.5) is 0 Å². The minimum atomic E-state index is 0.788. The molecule has 0 aliphatic carbocycles. The van der Waals surface area contributed by atoms with E-state index in [0.717, 1.165) is 31.4 Å². The zero-order valence-electron chi connectivity index (χ0n) is 10.0. The summed E-state index contributed by atoms with van der Waals surface area (Å²) >= 11 is 0. The maximum atomic E-state index is 4.28. The molecule has 5 nitrogen and oxygen atoms in total. The van der Waals surface area contributed by atoms with Crippen LogP contribution in [0.1, 0.15) is 5.69 Å². The van der Waals surface area contributed by atoms with Crippen LogP contribution in [-0.4, -0.2) is 65.1 Å². The largest absolute Gasteiger partial charge is 0.314 e. The van der Waals surface area contributed by atoms with Gasteiger partial charge in [0.15, 0.2) is 0 Å². The molecule has 0 bridgehead atoms. The molecule has 0 spiro atoms. The first kappa shape index (κ1) is 11.1. The summed E-state index contributed by atoms with van der Waals surface area (Å²) in [6.45, 7) is 7.99. The minimum Gasteiger partial charge on any atom is -0.314 e. The summed E-state index contributed by atoms with van der Waals surface area (Å²) in [4.78, 5) is 13.3. The van der Waals surface area contributed by atoms with E-state index in [0.29, 0.717) is 0 Å². The zero-order valence-corrected chi connectivity index (χ0v) is 10.0. The Bertz CT molecular complexity index is 343. The summed E-state index contributed by atoms with van der Waals surface area (Å²) in [5.41, 5.74) is 1.12. The van der Waals surface area contributed by atoms with Crippen molar-refractivity contribution in [1.29, 1.82) is 0 Å². The highest BCUT2D eigenvalue weighted by Gasteiger charge is 2.27. The Morgan fingerprint density at radius 2 is 2.06 bits per heavy atom. The van der Waals surface area contributed by atoms with Gasteiger partial charge in [0.05, 0.1) is 5.69 Å². The quantitative estimate of drug-likeness (QED) is 0.767. The van der Waals surface area contributed by atoms with Gasteiger partial charge in [-0.3, -0.25) is 9.80 Å². The predicted molar refractivity (Wildman–Crippen MR) is 65.5 cm³/mol. The lowest BCUT2D eigenvalue weighted by atomic mass is 10.1. The normalized spacial score (nSPS) is 23.5. The Morgan fingerprint density at radius 1 is 1.24 bits per heavy atom. The average molecular weight is 233 g/mol. The fourth-order valence-electron chi connectivity index (χ4n) is 2.46. The molecule has 0 amide bonds. The van der Waals surface area contributed by atoms with E-state index in [9.17, 15) is 0 Å². The lowest BCUT2D eigenvalue weighted by molar-refractivity contribution is 0.0690. The number of aromatic nitrogens is 2. The molecule has 1 aromatic heterocycles. The maximum absolute atomic E-state index is 4.28. The van der Waals surface area contributed by atoms with E-state index in [1.807, 2.05) is 12.3 Å². The van der Waals surface area contributed by atoms with Gasteiger partial charge in [0, 0.05) is 58.1 Å². The fourth-order valence-corrected chi connectivity index (χ4v) is 2.46. The highest BCUT2D eigenvalue weighted by atomic mass is 15.3. The number of nitrogens with zero attached hydrogens (tertiary/aromatic N) is 4. The third-order valence-electron chi connectivity index (χ3n) is 3.71.